The van der Waals surface area contributed by atoms with Gasteiger partial charge >= 0.3 is 0 Å². The van der Waals surface area contributed by atoms with E-state index in [2.05, 4.69) is 10.4 Å². The normalized spacial score (nSPS) is 12.4. The summed E-state index contributed by atoms with van der Waals surface area (Å²) in [5.41, 5.74) is 2.93. The van der Waals surface area contributed by atoms with Gasteiger partial charge < -0.3 is 19.9 Å². The molecule has 0 spiro atoms. The van der Waals surface area contributed by atoms with Crippen molar-refractivity contribution in [3.8, 4) is 22.8 Å². The van der Waals surface area contributed by atoms with Gasteiger partial charge in [0, 0.05) is 23.7 Å². The summed E-state index contributed by atoms with van der Waals surface area (Å²) < 4.78 is 12.7. The molecule has 2 heterocycles. The Morgan fingerprint density at radius 2 is 1.96 bits per heavy atom. The first-order valence-corrected chi connectivity index (χ1v) is 8.20. The highest BCUT2D eigenvalue weighted by Crippen LogP contribution is 2.35. The Morgan fingerprint density at radius 1 is 1.08 bits per heavy atom. The van der Waals surface area contributed by atoms with Crippen LogP contribution in [0.25, 0.3) is 11.3 Å². The fraction of sp³-hybridized carbons (Fsp3) is 0.211. The van der Waals surface area contributed by atoms with E-state index in [1.807, 2.05) is 54.6 Å². The quantitative estimate of drug-likeness (QED) is 0.724. The van der Waals surface area contributed by atoms with Crippen molar-refractivity contribution in [1.82, 2.24) is 9.78 Å². The smallest absolute Gasteiger partial charge is 0.231 e. The van der Waals surface area contributed by atoms with Gasteiger partial charge in [0.25, 0.3) is 0 Å². The lowest BCUT2D eigenvalue weighted by molar-refractivity contribution is 0.173. The number of rotatable bonds is 6. The molecule has 2 aromatic carbocycles. The zero-order valence-electron chi connectivity index (χ0n) is 13.7. The molecule has 0 radical (unpaired) electrons. The van der Waals surface area contributed by atoms with Crippen molar-refractivity contribution in [2.24, 2.45) is 0 Å². The molecule has 0 atom stereocenters. The first kappa shape index (κ1) is 15.5. The molecule has 0 amide bonds. The number of para-hydroxylation sites is 1. The summed E-state index contributed by atoms with van der Waals surface area (Å²) in [6.07, 6.45) is 0. The summed E-state index contributed by atoms with van der Waals surface area (Å²) in [5.74, 6) is 2.41. The minimum absolute atomic E-state index is 0.0300. The highest BCUT2D eigenvalue weighted by molar-refractivity contribution is 5.63. The molecular formula is C19H19N3O3. The average Bonchev–Trinajstić information content (AvgIpc) is 3.28. The Bertz CT molecular complexity index is 862. The zero-order valence-corrected chi connectivity index (χ0v) is 13.7. The number of hydrogen-bond donors (Lipinski definition) is 2. The minimum Gasteiger partial charge on any atom is -0.454 e. The van der Waals surface area contributed by atoms with Crippen LogP contribution in [-0.4, -0.2) is 28.3 Å². The molecule has 4 rings (SSSR count). The van der Waals surface area contributed by atoms with Crippen molar-refractivity contribution >= 4 is 5.82 Å². The summed E-state index contributed by atoms with van der Waals surface area (Å²) in [7, 11) is 0. The second-order valence-electron chi connectivity index (χ2n) is 5.73. The average molecular weight is 337 g/mol. The van der Waals surface area contributed by atoms with Crippen molar-refractivity contribution in [2.75, 3.05) is 18.7 Å². The largest absolute Gasteiger partial charge is 0.454 e. The molecule has 3 aromatic rings. The number of aliphatic hydroxyl groups excluding tert-OH is 1. The van der Waals surface area contributed by atoms with Gasteiger partial charge in [-0.15, -0.1) is 0 Å². The minimum atomic E-state index is 0.0300. The molecule has 0 fully saturated rings. The summed E-state index contributed by atoms with van der Waals surface area (Å²) in [4.78, 5) is 0. The van der Waals surface area contributed by atoms with Crippen LogP contribution in [0, 0.1) is 0 Å². The molecule has 6 nitrogen and oxygen atoms in total. The van der Waals surface area contributed by atoms with Crippen LogP contribution in [0.4, 0.5) is 5.82 Å². The standard InChI is InChI=1S/C19H19N3O3/c23-10-9-22-18(11-16(21-22)14-5-2-1-3-6-14)20-12-15-7-4-8-17-19(15)25-13-24-17/h1-8,11,20,23H,9-10,12-13H2. The fourth-order valence-electron chi connectivity index (χ4n) is 2.89. The third-order valence-electron chi connectivity index (χ3n) is 4.10. The van der Waals surface area contributed by atoms with Crippen LogP contribution in [0.5, 0.6) is 11.5 Å². The van der Waals surface area contributed by atoms with Gasteiger partial charge in [-0.05, 0) is 6.07 Å². The van der Waals surface area contributed by atoms with E-state index in [0.717, 1.165) is 34.1 Å². The van der Waals surface area contributed by atoms with Crippen LogP contribution in [0.2, 0.25) is 0 Å². The van der Waals surface area contributed by atoms with Crippen LogP contribution >= 0.6 is 0 Å². The second kappa shape index (κ2) is 6.86. The maximum Gasteiger partial charge on any atom is 0.231 e. The van der Waals surface area contributed by atoms with E-state index in [4.69, 9.17) is 9.47 Å². The lowest BCUT2D eigenvalue weighted by Crippen LogP contribution is -2.10. The molecular weight excluding hydrogens is 318 g/mol. The summed E-state index contributed by atoms with van der Waals surface area (Å²) in [6.45, 7) is 1.30. The molecule has 0 saturated carbocycles. The van der Waals surface area contributed by atoms with Crippen LogP contribution < -0.4 is 14.8 Å². The summed E-state index contributed by atoms with van der Waals surface area (Å²) in [5, 5.41) is 17.3. The maximum atomic E-state index is 9.31. The molecule has 1 aromatic heterocycles. The molecule has 128 valence electrons. The van der Waals surface area contributed by atoms with Crippen LogP contribution in [0.3, 0.4) is 0 Å². The van der Waals surface area contributed by atoms with Gasteiger partial charge in [0.2, 0.25) is 6.79 Å². The molecule has 0 saturated heterocycles. The Kier molecular flexibility index (Phi) is 4.26. The van der Waals surface area contributed by atoms with Crippen LogP contribution in [0.15, 0.2) is 54.6 Å². The first-order valence-electron chi connectivity index (χ1n) is 8.20. The van der Waals surface area contributed by atoms with Crippen LogP contribution in [0.1, 0.15) is 5.56 Å². The van der Waals surface area contributed by atoms with Crippen molar-refractivity contribution in [3.63, 3.8) is 0 Å². The molecule has 1 aliphatic rings. The Morgan fingerprint density at radius 3 is 2.80 bits per heavy atom. The van der Waals surface area contributed by atoms with Gasteiger partial charge in [0.1, 0.15) is 5.82 Å². The third-order valence-corrected chi connectivity index (χ3v) is 4.10. The van der Waals surface area contributed by atoms with E-state index in [-0.39, 0.29) is 13.4 Å². The topological polar surface area (TPSA) is 68.5 Å². The number of benzene rings is 2. The molecule has 6 heteroatoms. The third kappa shape index (κ3) is 3.16. The molecule has 0 aliphatic carbocycles. The number of aliphatic hydroxyl groups is 1. The van der Waals surface area contributed by atoms with Gasteiger partial charge in [-0.25, -0.2) is 4.68 Å². The van der Waals surface area contributed by atoms with Crippen LogP contribution in [-0.2, 0) is 13.1 Å². The van der Waals surface area contributed by atoms with Crippen molar-refractivity contribution < 1.29 is 14.6 Å². The lowest BCUT2D eigenvalue weighted by atomic mass is 10.1. The highest BCUT2D eigenvalue weighted by Gasteiger charge is 2.17. The lowest BCUT2D eigenvalue weighted by Gasteiger charge is -2.10. The Hall–Kier alpha value is -2.99. The van der Waals surface area contributed by atoms with Gasteiger partial charge in [0.15, 0.2) is 11.5 Å². The second-order valence-corrected chi connectivity index (χ2v) is 5.73. The van der Waals surface area contributed by atoms with E-state index in [0.29, 0.717) is 13.1 Å². The monoisotopic (exact) mass is 337 g/mol. The molecule has 25 heavy (non-hydrogen) atoms. The van der Waals surface area contributed by atoms with Crippen molar-refractivity contribution in [3.05, 3.63) is 60.2 Å². The van der Waals surface area contributed by atoms with E-state index < -0.39 is 0 Å². The summed E-state index contributed by atoms with van der Waals surface area (Å²) in [6, 6.07) is 17.8. The van der Waals surface area contributed by atoms with E-state index in [1.165, 1.54) is 0 Å². The predicted molar refractivity (Wildman–Crippen MR) is 94.6 cm³/mol. The Labute approximate surface area is 145 Å². The molecule has 0 bridgehead atoms. The Balaban J connectivity index is 1.58. The number of anilines is 1. The van der Waals surface area contributed by atoms with Gasteiger partial charge in [-0.3, -0.25) is 0 Å². The summed E-state index contributed by atoms with van der Waals surface area (Å²) >= 11 is 0. The maximum absolute atomic E-state index is 9.31. The van der Waals surface area contributed by atoms with E-state index in [1.54, 1.807) is 4.68 Å². The zero-order chi connectivity index (χ0) is 17.1. The van der Waals surface area contributed by atoms with Crippen molar-refractivity contribution in [2.45, 2.75) is 13.1 Å². The number of fused-ring (bicyclic) bond motifs is 1. The molecule has 2 N–H and O–H groups in total. The number of hydrogen-bond acceptors (Lipinski definition) is 5. The predicted octanol–water partition coefficient (Wildman–Crippen LogP) is 2.88. The number of nitrogens with one attached hydrogen (secondary N) is 1. The first-order chi connectivity index (χ1) is 12.3. The number of ether oxygens (including phenoxy) is 2. The van der Waals surface area contributed by atoms with Gasteiger partial charge in [-0.1, -0.05) is 42.5 Å². The van der Waals surface area contributed by atoms with Gasteiger partial charge in [0.05, 0.1) is 18.8 Å². The number of nitrogens with zero attached hydrogens (tertiary/aromatic N) is 2. The van der Waals surface area contributed by atoms with Gasteiger partial charge in [-0.2, -0.15) is 5.10 Å². The van der Waals surface area contributed by atoms with Crippen molar-refractivity contribution in [1.29, 1.82) is 0 Å². The fourth-order valence-corrected chi connectivity index (χ4v) is 2.89. The molecule has 1 aliphatic heterocycles. The molecule has 0 unspecified atom stereocenters. The highest BCUT2D eigenvalue weighted by atomic mass is 16.7. The van der Waals surface area contributed by atoms with E-state index in [9.17, 15) is 5.11 Å². The SMILES string of the molecule is OCCn1nc(-c2ccccc2)cc1NCc1cccc2c1OCO2. The number of aromatic nitrogens is 2. The van der Waals surface area contributed by atoms with E-state index >= 15 is 0 Å².